The molecule has 0 spiro atoms. The van der Waals surface area contributed by atoms with Crippen LogP contribution in [0.2, 0.25) is 0 Å². The summed E-state index contributed by atoms with van der Waals surface area (Å²) in [6.07, 6.45) is 0.673. The normalized spacial score (nSPS) is 11.8. The van der Waals surface area contributed by atoms with Crippen LogP contribution in [0.3, 0.4) is 0 Å². The Balaban J connectivity index is 1.66. The van der Waals surface area contributed by atoms with Crippen molar-refractivity contribution < 1.29 is 19.1 Å². The van der Waals surface area contributed by atoms with E-state index in [2.05, 4.69) is 34.6 Å². The summed E-state index contributed by atoms with van der Waals surface area (Å²) in [6.45, 7) is 12.5. The minimum absolute atomic E-state index is 0.129. The van der Waals surface area contributed by atoms with Gasteiger partial charge in [-0.1, -0.05) is 30.8 Å². The molecule has 2 heterocycles. The Hall–Kier alpha value is -2.85. The second-order valence-corrected chi connectivity index (χ2v) is 10.1. The van der Waals surface area contributed by atoms with E-state index in [0.29, 0.717) is 28.1 Å². The molecule has 8 nitrogen and oxygen atoms in total. The number of ether oxygens (including phenoxy) is 2. The first-order valence-corrected chi connectivity index (χ1v) is 13.5. The molecule has 1 N–H and O–H groups in total. The monoisotopic (exact) mass is 516 g/mol. The zero-order chi connectivity index (χ0) is 25.5. The summed E-state index contributed by atoms with van der Waals surface area (Å²) in [6, 6.07) is 8.02. The fourth-order valence-corrected chi connectivity index (χ4v) is 5.40. The summed E-state index contributed by atoms with van der Waals surface area (Å²) in [4.78, 5) is 26.0. The number of aromatic nitrogens is 3. The van der Waals surface area contributed by atoms with Gasteiger partial charge in [0.05, 0.1) is 17.9 Å². The molecule has 1 aromatic carbocycles. The molecule has 188 valence electrons. The predicted molar refractivity (Wildman–Crippen MR) is 140 cm³/mol. The van der Waals surface area contributed by atoms with Crippen molar-refractivity contribution in [1.29, 1.82) is 0 Å². The summed E-state index contributed by atoms with van der Waals surface area (Å²) in [7, 11) is 0. The Labute approximate surface area is 214 Å². The van der Waals surface area contributed by atoms with Crippen LogP contribution in [0.25, 0.3) is 0 Å². The molecule has 3 aromatic rings. The molecule has 3 rings (SSSR count). The van der Waals surface area contributed by atoms with Crippen molar-refractivity contribution in [1.82, 2.24) is 14.8 Å². The molecule has 10 heteroatoms. The molecule has 0 bridgehead atoms. The Morgan fingerprint density at radius 2 is 1.86 bits per heavy atom. The lowest BCUT2D eigenvalue weighted by molar-refractivity contribution is -0.113. The van der Waals surface area contributed by atoms with E-state index >= 15 is 0 Å². The SMILES string of the molecule is CCOC(=O)c1c(NC(=O)CSc2nnc(C(C)Oc3ccc(CC)cc3)n2CC)sc(C)c1C. The Bertz CT molecular complexity index is 1170. The van der Waals surface area contributed by atoms with Crippen LogP contribution in [-0.4, -0.2) is 39.0 Å². The van der Waals surface area contributed by atoms with Crippen molar-refractivity contribution in [3.8, 4) is 5.75 Å². The molecule has 1 atom stereocenters. The van der Waals surface area contributed by atoms with Crippen molar-refractivity contribution in [3.63, 3.8) is 0 Å². The van der Waals surface area contributed by atoms with Crippen LogP contribution >= 0.6 is 23.1 Å². The molecular weight excluding hydrogens is 484 g/mol. The van der Waals surface area contributed by atoms with E-state index in [1.54, 1.807) is 6.92 Å². The summed E-state index contributed by atoms with van der Waals surface area (Å²) in [5.74, 6) is 0.946. The Morgan fingerprint density at radius 3 is 2.49 bits per heavy atom. The number of aryl methyl sites for hydroxylation is 2. The van der Waals surface area contributed by atoms with Crippen molar-refractivity contribution in [2.24, 2.45) is 0 Å². The Kier molecular flexibility index (Phi) is 9.33. The number of carbonyl (C=O) groups is 2. The van der Waals surface area contributed by atoms with Gasteiger partial charge in [-0.05, 0) is 64.3 Å². The van der Waals surface area contributed by atoms with Crippen molar-refractivity contribution >= 4 is 40.0 Å². The number of nitrogens with one attached hydrogen (secondary N) is 1. The quantitative estimate of drug-likeness (QED) is 0.262. The minimum atomic E-state index is -0.425. The van der Waals surface area contributed by atoms with E-state index in [-0.39, 0.29) is 24.4 Å². The largest absolute Gasteiger partial charge is 0.483 e. The number of nitrogens with zero attached hydrogens (tertiary/aromatic N) is 3. The number of hydrogen-bond acceptors (Lipinski definition) is 8. The molecule has 2 aromatic heterocycles. The Morgan fingerprint density at radius 1 is 1.14 bits per heavy atom. The maximum absolute atomic E-state index is 12.7. The topological polar surface area (TPSA) is 95.3 Å². The van der Waals surface area contributed by atoms with Gasteiger partial charge in [0, 0.05) is 11.4 Å². The van der Waals surface area contributed by atoms with Gasteiger partial charge >= 0.3 is 5.97 Å². The van der Waals surface area contributed by atoms with Crippen LogP contribution in [0, 0.1) is 13.8 Å². The first kappa shape index (κ1) is 26.7. The highest BCUT2D eigenvalue weighted by Gasteiger charge is 2.23. The first-order chi connectivity index (χ1) is 16.8. The summed E-state index contributed by atoms with van der Waals surface area (Å²) in [5.41, 5.74) is 2.50. The minimum Gasteiger partial charge on any atom is -0.483 e. The highest BCUT2D eigenvalue weighted by molar-refractivity contribution is 7.99. The third-order valence-corrected chi connectivity index (χ3v) is 7.61. The molecule has 0 aliphatic heterocycles. The lowest BCUT2D eigenvalue weighted by Crippen LogP contribution is -2.17. The average molecular weight is 517 g/mol. The van der Waals surface area contributed by atoms with E-state index in [1.807, 2.05) is 44.4 Å². The van der Waals surface area contributed by atoms with Crippen molar-refractivity contribution in [2.75, 3.05) is 17.7 Å². The summed E-state index contributed by atoms with van der Waals surface area (Å²) in [5, 5.41) is 12.6. The van der Waals surface area contributed by atoms with E-state index in [1.165, 1.54) is 28.7 Å². The molecule has 0 radical (unpaired) electrons. The van der Waals surface area contributed by atoms with E-state index in [0.717, 1.165) is 22.6 Å². The van der Waals surface area contributed by atoms with Gasteiger partial charge in [-0.15, -0.1) is 21.5 Å². The highest BCUT2D eigenvalue weighted by Crippen LogP contribution is 2.33. The van der Waals surface area contributed by atoms with E-state index in [9.17, 15) is 9.59 Å². The number of esters is 1. The van der Waals surface area contributed by atoms with Crippen molar-refractivity contribution in [3.05, 3.63) is 51.7 Å². The predicted octanol–water partition coefficient (Wildman–Crippen LogP) is 5.59. The van der Waals surface area contributed by atoms with Gasteiger partial charge in [0.1, 0.15) is 10.8 Å². The van der Waals surface area contributed by atoms with Crippen LogP contribution < -0.4 is 10.1 Å². The molecule has 0 fully saturated rings. The van der Waals surface area contributed by atoms with Crippen LogP contribution in [0.15, 0.2) is 29.4 Å². The van der Waals surface area contributed by atoms with Gasteiger partial charge in [-0.25, -0.2) is 4.79 Å². The number of rotatable bonds is 11. The average Bonchev–Trinajstić information content (AvgIpc) is 3.38. The van der Waals surface area contributed by atoms with Gasteiger partial charge in [-0.2, -0.15) is 0 Å². The van der Waals surface area contributed by atoms with Gasteiger partial charge in [-0.3, -0.25) is 4.79 Å². The number of hydrogen-bond donors (Lipinski definition) is 1. The number of thioether (sulfide) groups is 1. The fraction of sp³-hybridized carbons (Fsp3) is 0.440. The molecular formula is C25H32N4O4S2. The molecule has 0 saturated carbocycles. The molecule has 1 amide bonds. The lowest BCUT2D eigenvalue weighted by atomic mass is 10.1. The third-order valence-electron chi connectivity index (χ3n) is 5.52. The highest BCUT2D eigenvalue weighted by atomic mass is 32.2. The van der Waals surface area contributed by atoms with Crippen LogP contribution in [0.5, 0.6) is 5.75 Å². The van der Waals surface area contributed by atoms with Crippen molar-refractivity contribution in [2.45, 2.75) is 65.8 Å². The third kappa shape index (κ3) is 6.43. The number of anilines is 1. The van der Waals surface area contributed by atoms with Crippen LogP contribution in [-0.2, 0) is 22.5 Å². The van der Waals surface area contributed by atoms with Gasteiger partial charge < -0.3 is 19.4 Å². The lowest BCUT2D eigenvalue weighted by Gasteiger charge is -2.16. The van der Waals surface area contributed by atoms with Gasteiger partial charge in [0.15, 0.2) is 17.1 Å². The summed E-state index contributed by atoms with van der Waals surface area (Å²) < 4.78 is 13.2. The molecule has 1 unspecified atom stereocenters. The second kappa shape index (κ2) is 12.2. The second-order valence-electron chi connectivity index (χ2n) is 7.89. The standard InChI is InChI=1S/C25H32N4O4S2/c1-7-18-10-12-19(13-11-18)33-16(5)22-27-28-25(29(22)8-2)34-14-20(30)26-23-21(24(31)32-9-3)15(4)17(6)35-23/h10-13,16H,7-9,14H2,1-6H3,(H,26,30). The molecule has 35 heavy (non-hydrogen) atoms. The summed E-state index contributed by atoms with van der Waals surface area (Å²) >= 11 is 2.67. The van der Waals surface area contributed by atoms with E-state index < -0.39 is 5.97 Å². The zero-order valence-electron chi connectivity index (χ0n) is 21.0. The fourth-order valence-electron chi connectivity index (χ4n) is 3.52. The van der Waals surface area contributed by atoms with Gasteiger partial charge in [0.2, 0.25) is 5.91 Å². The van der Waals surface area contributed by atoms with Crippen LogP contribution in [0.1, 0.15) is 66.0 Å². The number of benzene rings is 1. The van der Waals surface area contributed by atoms with Gasteiger partial charge in [0.25, 0.3) is 0 Å². The number of carbonyl (C=O) groups excluding carboxylic acids is 2. The molecule has 0 saturated heterocycles. The number of amides is 1. The number of thiophene rings is 1. The maximum atomic E-state index is 12.7. The van der Waals surface area contributed by atoms with E-state index in [4.69, 9.17) is 9.47 Å². The molecule has 0 aliphatic carbocycles. The molecule has 0 aliphatic rings. The smallest absolute Gasteiger partial charge is 0.341 e. The zero-order valence-corrected chi connectivity index (χ0v) is 22.6. The maximum Gasteiger partial charge on any atom is 0.341 e. The first-order valence-electron chi connectivity index (χ1n) is 11.7. The van der Waals surface area contributed by atoms with Crippen LogP contribution in [0.4, 0.5) is 5.00 Å².